The van der Waals surface area contributed by atoms with Crippen molar-refractivity contribution in [2.75, 3.05) is 0 Å². The summed E-state index contributed by atoms with van der Waals surface area (Å²) in [4.78, 5) is 0. The van der Waals surface area contributed by atoms with Gasteiger partial charge in [-0.3, -0.25) is 0 Å². The van der Waals surface area contributed by atoms with Crippen LogP contribution in [-0.2, 0) is 6.42 Å². The maximum atomic E-state index is 2.33. The SMILES string of the molecule is CCc1ccc2c(ccc3c4cc5ccccc5cc4ccc23)c1. The molecule has 0 aliphatic heterocycles. The van der Waals surface area contributed by atoms with Crippen molar-refractivity contribution in [3.8, 4) is 0 Å². The Labute approximate surface area is 141 Å². The Morgan fingerprint density at radius 3 is 1.88 bits per heavy atom. The van der Waals surface area contributed by atoms with E-state index in [0.717, 1.165) is 6.42 Å². The summed E-state index contributed by atoms with van der Waals surface area (Å²) in [7, 11) is 0. The van der Waals surface area contributed by atoms with E-state index in [4.69, 9.17) is 0 Å². The number of rotatable bonds is 1. The van der Waals surface area contributed by atoms with Gasteiger partial charge >= 0.3 is 0 Å². The third-order valence-corrected chi connectivity index (χ3v) is 5.17. The summed E-state index contributed by atoms with van der Waals surface area (Å²) >= 11 is 0. The number of benzene rings is 5. The molecule has 0 N–H and O–H groups in total. The van der Waals surface area contributed by atoms with E-state index in [-0.39, 0.29) is 0 Å². The van der Waals surface area contributed by atoms with Crippen molar-refractivity contribution in [3.05, 3.63) is 84.4 Å². The molecule has 0 heterocycles. The van der Waals surface area contributed by atoms with Gasteiger partial charge in [-0.25, -0.2) is 0 Å². The minimum Gasteiger partial charge on any atom is -0.0616 e. The highest BCUT2D eigenvalue weighted by Gasteiger charge is 2.06. The monoisotopic (exact) mass is 306 g/mol. The number of fused-ring (bicyclic) bond motifs is 6. The van der Waals surface area contributed by atoms with Gasteiger partial charge in [0.2, 0.25) is 0 Å². The third-order valence-electron chi connectivity index (χ3n) is 5.17. The molecule has 0 bridgehead atoms. The molecule has 0 saturated heterocycles. The van der Waals surface area contributed by atoms with Crippen LogP contribution < -0.4 is 0 Å². The van der Waals surface area contributed by atoms with E-state index in [0.29, 0.717) is 0 Å². The van der Waals surface area contributed by atoms with Crippen LogP contribution in [0.4, 0.5) is 0 Å². The average molecular weight is 306 g/mol. The second-order valence-electron chi connectivity index (χ2n) is 6.56. The van der Waals surface area contributed by atoms with Crippen LogP contribution in [0.15, 0.2) is 78.9 Å². The number of hydrogen-bond acceptors (Lipinski definition) is 0. The zero-order valence-electron chi connectivity index (χ0n) is 13.7. The summed E-state index contributed by atoms with van der Waals surface area (Å²) in [6.07, 6.45) is 1.08. The Balaban J connectivity index is 1.93. The molecule has 0 aromatic heterocycles. The predicted octanol–water partition coefficient (Wildman–Crippen LogP) is 6.86. The molecule has 0 aliphatic rings. The Hall–Kier alpha value is -2.86. The van der Waals surface area contributed by atoms with E-state index in [2.05, 4.69) is 85.8 Å². The third kappa shape index (κ3) is 1.93. The molecule has 0 unspecified atom stereocenters. The minimum absolute atomic E-state index is 1.08. The molecule has 5 aromatic carbocycles. The molecule has 5 aromatic rings. The summed E-state index contributed by atoms with van der Waals surface area (Å²) < 4.78 is 0. The zero-order valence-corrected chi connectivity index (χ0v) is 13.7. The van der Waals surface area contributed by atoms with Gasteiger partial charge < -0.3 is 0 Å². The van der Waals surface area contributed by atoms with Gasteiger partial charge in [-0.2, -0.15) is 0 Å². The Morgan fingerprint density at radius 2 is 1.12 bits per heavy atom. The fraction of sp³-hybridized carbons (Fsp3) is 0.0833. The Bertz CT molecular complexity index is 1230. The van der Waals surface area contributed by atoms with E-state index < -0.39 is 0 Å². The van der Waals surface area contributed by atoms with Gasteiger partial charge in [0, 0.05) is 0 Å². The highest BCUT2D eigenvalue weighted by Crippen LogP contribution is 2.33. The van der Waals surface area contributed by atoms with Crippen molar-refractivity contribution in [1.82, 2.24) is 0 Å². The van der Waals surface area contributed by atoms with Crippen LogP contribution >= 0.6 is 0 Å². The maximum absolute atomic E-state index is 2.33. The van der Waals surface area contributed by atoms with E-state index in [9.17, 15) is 0 Å². The lowest BCUT2D eigenvalue weighted by Crippen LogP contribution is -1.84. The van der Waals surface area contributed by atoms with Gasteiger partial charge in [0.1, 0.15) is 0 Å². The molecule has 0 amide bonds. The lowest BCUT2D eigenvalue weighted by Gasteiger charge is -2.10. The molecule has 0 fully saturated rings. The predicted molar refractivity (Wildman–Crippen MR) is 106 cm³/mol. The van der Waals surface area contributed by atoms with Crippen molar-refractivity contribution in [3.63, 3.8) is 0 Å². The first-order chi connectivity index (χ1) is 11.8. The second-order valence-corrected chi connectivity index (χ2v) is 6.56. The molecule has 0 saturated carbocycles. The van der Waals surface area contributed by atoms with Crippen molar-refractivity contribution in [1.29, 1.82) is 0 Å². The molecule has 0 nitrogen and oxygen atoms in total. The smallest absolute Gasteiger partial charge is 0.00987 e. The molecule has 5 rings (SSSR count). The highest BCUT2D eigenvalue weighted by atomic mass is 14.1. The summed E-state index contributed by atoms with van der Waals surface area (Å²) in [5.74, 6) is 0. The summed E-state index contributed by atoms with van der Waals surface area (Å²) in [6.45, 7) is 2.21. The highest BCUT2D eigenvalue weighted by molar-refractivity contribution is 6.19. The van der Waals surface area contributed by atoms with E-state index in [1.165, 1.54) is 48.7 Å². The van der Waals surface area contributed by atoms with Crippen LogP contribution in [-0.4, -0.2) is 0 Å². The summed E-state index contributed by atoms with van der Waals surface area (Å²) in [5, 5.41) is 10.6. The molecule has 114 valence electrons. The molecule has 24 heavy (non-hydrogen) atoms. The fourth-order valence-corrected chi connectivity index (χ4v) is 3.84. The molecule has 0 radical (unpaired) electrons. The molecular formula is C24H18. The average Bonchev–Trinajstić information content (AvgIpc) is 2.65. The van der Waals surface area contributed by atoms with Gasteiger partial charge in [-0.1, -0.05) is 73.7 Å². The van der Waals surface area contributed by atoms with Crippen LogP contribution in [0.2, 0.25) is 0 Å². The van der Waals surface area contributed by atoms with Gasteiger partial charge in [0.15, 0.2) is 0 Å². The number of hydrogen-bond donors (Lipinski definition) is 0. The van der Waals surface area contributed by atoms with E-state index in [1.54, 1.807) is 0 Å². The first-order valence-electron chi connectivity index (χ1n) is 8.60. The van der Waals surface area contributed by atoms with Crippen molar-refractivity contribution < 1.29 is 0 Å². The van der Waals surface area contributed by atoms with Gasteiger partial charge in [-0.15, -0.1) is 0 Å². The lowest BCUT2D eigenvalue weighted by atomic mass is 9.94. The van der Waals surface area contributed by atoms with Gasteiger partial charge in [-0.05, 0) is 67.2 Å². The molecule has 0 heteroatoms. The van der Waals surface area contributed by atoms with Gasteiger partial charge in [0.25, 0.3) is 0 Å². The lowest BCUT2D eigenvalue weighted by molar-refractivity contribution is 1.15. The molecule has 0 spiro atoms. The van der Waals surface area contributed by atoms with Crippen molar-refractivity contribution in [2.45, 2.75) is 13.3 Å². The molecular weight excluding hydrogens is 288 g/mol. The molecule has 0 aliphatic carbocycles. The first-order valence-corrected chi connectivity index (χ1v) is 8.60. The second kappa shape index (κ2) is 5.07. The standard InChI is InChI=1S/C24H18/c1-2-16-7-10-21-19(13-16)8-12-23-22(21)11-9-20-14-17-5-3-4-6-18(17)15-24(20)23/h3-15H,2H2,1H3. The topological polar surface area (TPSA) is 0 Å². The normalized spacial score (nSPS) is 11.7. The van der Waals surface area contributed by atoms with Crippen molar-refractivity contribution in [2.24, 2.45) is 0 Å². The summed E-state index contributed by atoms with van der Waals surface area (Å²) in [5.41, 5.74) is 1.40. The Kier molecular flexibility index (Phi) is 2.87. The van der Waals surface area contributed by atoms with Crippen LogP contribution in [0.25, 0.3) is 43.1 Å². The van der Waals surface area contributed by atoms with Gasteiger partial charge in [0.05, 0.1) is 0 Å². The van der Waals surface area contributed by atoms with Crippen LogP contribution in [0.1, 0.15) is 12.5 Å². The minimum atomic E-state index is 1.08. The zero-order chi connectivity index (χ0) is 16.1. The first kappa shape index (κ1) is 13.6. The quantitative estimate of drug-likeness (QED) is 0.234. The van der Waals surface area contributed by atoms with Crippen LogP contribution in [0.5, 0.6) is 0 Å². The van der Waals surface area contributed by atoms with Crippen LogP contribution in [0.3, 0.4) is 0 Å². The molecule has 0 atom stereocenters. The van der Waals surface area contributed by atoms with Crippen LogP contribution in [0, 0.1) is 0 Å². The van der Waals surface area contributed by atoms with Crippen molar-refractivity contribution >= 4 is 43.1 Å². The fourth-order valence-electron chi connectivity index (χ4n) is 3.84. The summed E-state index contributed by atoms with van der Waals surface area (Å²) in [6, 6.07) is 29.2. The van der Waals surface area contributed by atoms with E-state index in [1.807, 2.05) is 0 Å². The Morgan fingerprint density at radius 1 is 0.500 bits per heavy atom. The van der Waals surface area contributed by atoms with E-state index >= 15 is 0 Å². The maximum Gasteiger partial charge on any atom is -0.00987 e. The largest absolute Gasteiger partial charge is 0.0616 e. The number of aryl methyl sites for hydroxylation is 1.